The van der Waals surface area contributed by atoms with E-state index in [1.54, 1.807) is 13.0 Å². The second-order valence-electron chi connectivity index (χ2n) is 4.59. The fourth-order valence-electron chi connectivity index (χ4n) is 1.95. The molecule has 0 radical (unpaired) electrons. The van der Waals surface area contributed by atoms with Gasteiger partial charge in [0.1, 0.15) is 5.75 Å². The summed E-state index contributed by atoms with van der Waals surface area (Å²) in [5.74, 6) is 1.44. The lowest BCUT2D eigenvalue weighted by molar-refractivity contribution is -0.145. The van der Waals surface area contributed by atoms with Crippen LogP contribution in [0.4, 0.5) is 0 Å². The number of rotatable bonds is 6. The molecule has 20 heavy (non-hydrogen) atoms. The fraction of sp³-hybridized carbons (Fsp3) is 0.500. The fourth-order valence-corrected chi connectivity index (χ4v) is 1.95. The third-order valence-corrected chi connectivity index (χ3v) is 2.75. The van der Waals surface area contributed by atoms with E-state index in [9.17, 15) is 4.79 Å². The summed E-state index contributed by atoms with van der Waals surface area (Å²) in [4.78, 5) is 11.4. The van der Waals surface area contributed by atoms with Crippen LogP contribution in [0.2, 0.25) is 0 Å². The van der Waals surface area contributed by atoms with Crippen LogP contribution in [0, 0.1) is 0 Å². The van der Waals surface area contributed by atoms with Crippen LogP contribution in [0.1, 0.15) is 19.4 Å². The Balaban J connectivity index is 2.14. The number of benzene rings is 1. The van der Waals surface area contributed by atoms with Crippen LogP contribution in [0.5, 0.6) is 17.2 Å². The van der Waals surface area contributed by atoms with Crippen molar-refractivity contribution < 1.29 is 23.7 Å². The molecule has 1 atom stereocenters. The molecule has 0 amide bonds. The molecule has 0 aliphatic carbocycles. The summed E-state index contributed by atoms with van der Waals surface area (Å²) < 4.78 is 21.0. The average molecular weight is 281 g/mol. The number of ether oxygens (including phenoxy) is 4. The van der Waals surface area contributed by atoms with E-state index in [1.807, 2.05) is 13.0 Å². The summed E-state index contributed by atoms with van der Waals surface area (Å²) in [6, 6.07) is 3.53. The van der Waals surface area contributed by atoms with E-state index in [0.717, 1.165) is 5.56 Å². The van der Waals surface area contributed by atoms with Crippen molar-refractivity contribution in [3.63, 3.8) is 0 Å². The highest BCUT2D eigenvalue weighted by Crippen LogP contribution is 2.38. The highest BCUT2D eigenvalue weighted by Gasteiger charge is 2.19. The zero-order valence-corrected chi connectivity index (χ0v) is 11.7. The maximum atomic E-state index is 11.4. The van der Waals surface area contributed by atoms with Gasteiger partial charge in [0.2, 0.25) is 6.79 Å². The number of nitrogens with two attached hydrogens (primary N) is 1. The third-order valence-electron chi connectivity index (χ3n) is 2.75. The standard InChI is InChI=1S/C14H19NO5/c1-3-17-14(16)7-18-11-6-13-12(19-8-20-13)5-10(11)4-9(2)15/h5-6,9H,3-4,7-8,15H2,1-2H3. The van der Waals surface area contributed by atoms with Gasteiger partial charge in [-0.15, -0.1) is 0 Å². The molecule has 1 aliphatic heterocycles. The minimum atomic E-state index is -0.406. The Kier molecular flexibility index (Phi) is 4.68. The number of hydrogen-bond donors (Lipinski definition) is 1. The van der Waals surface area contributed by atoms with E-state index in [-0.39, 0.29) is 19.4 Å². The molecule has 0 saturated carbocycles. The van der Waals surface area contributed by atoms with Gasteiger partial charge in [-0.25, -0.2) is 4.79 Å². The molecule has 0 fully saturated rings. The normalized spacial score (nSPS) is 13.9. The van der Waals surface area contributed by atoms with Gasteiger partial charge >= 0.3 is 5.97 Å². The Labute approximate surface area is 117 Å². The molecule has 0 aromatic heterocycles. The van der Waals surface area contributed by atoms with Gasteiger partial charge in [-0.3, -0.25) is 0 Å². The van der Waals surface area contributed by atoms with Crippen LogP contribution in [-0.2, 0) is 16.0 Å². The third kappa shape index (κ3) is 3.54. The van der Waals surface area contributed by atoms with Crippen molar-refractivity contribution in [1.29, 1.82) is 0 Å². The van der Waals surface area contributed by atoms with Gasteiger partial charge in [0, 0.05) is 12.1 Å². The molecule has 6 heteroatoms. The zero-order valence-electron chi connectivity index (χ0n) is 11.7. The average Bonchev–Trinajstić information content (AvgIpc) is 2.82. The number of fused-ring (bicyclic) bond motifs is 1. The molecule has 1 aliphatic rings. The van der Waals surface area contributed by atoms with Gasteiger partial charge in [-0.2, -0.15) is 0 Å². The van der Waals surface area contributed by atoms with Crippen molar-refractivity contribution in [2.75, 3.05) is 20.0 Å². The second-order valence-corrected chi connectivity index (χ2v) is 4.59. The quantitative estimate of drug-likeness (QED) is 0.790. The molecular formula is C14H19NO5. The minimum Gasteiger partial charge on any atom is -0.481 e. The number of esters is 1. The highest BCUT2D eigenvalue weighted by atomic mass is 16.7. The topological polar surface area (TPSA) is 80.0 Å². The maximum Gasteiger partial charge on any atom is 0.344 e. The lowest BCUT2D eigenvalue weighted by Gasteiger charge is -2.13. The van der Waals surface area contributed by atoms with Crippen molar-refractivity contribution >= 4 is 5.97 Å². The van der Waals surface area contributed by atoms with Gasteiger partial charge in [0.15, 0.2) is 18.1 Å². The summed E-state index contributed by atoms with van der Waals surface area (Å²) in [5.41, 5.74) is 6.71. The molecule has 0 saturated heterocycles. The summed E-state index contributed by atoms with van der Waals surface area (Å²) in [6.07, 6.45) is 0.620. The minimum absolute atomic E-state index is 0.0275. The number of hydrogen-bond acceptors (Lipinski definition) is 6. The number of carbonyl (C=O) groups excluding carboxylic acids is 1. The molecule has 110 valence electrons. The van der Waals surface area contributed by atoms with E-state index in [1.165, 1.54) is 0 Å². The molecular weight excluding hydrogens is 262 g/mol. The smallest absolute Gasteiger partial charge is 0.344 e. The molecule has 0 bridgehead atoms. The Hall–Kier alpha value is -1.95. The molecule has 1 aromatic carbocycles. The summed E-state index contributed by atoms with van der Waals surface area (Å²) >= 11 is 0. The monoisotopic (exact) mass is 281 g/mol. The molecule has 2 rings (SSSR count). The van der Waals surface area contributed by atoms with E-state index in [4.69, 9.17) is 24.7 Å². The van der Waals surface area contributed by atoms with Crippen molar-refractivity contribution in [1.82, 2.24) is 0 Å². The van der Waals surface area contributed by atoms with Crippen LogP contribution >= 0.6 is 0 Å². The van der Waals surface area contributed by atoms with E-state index >= 15 is 0 Å². The van der Waals surface area contributed by atoms with Crippen molar-refractivity contribution in [3.8, 4) is 17.2 Å². The molecule has 1 aromatic rings. The van der Waals surface area contributed by atoms with Gasteiger partial charge in [-0.05, 0) is 31.9 Å². The van der Waals surface area contributed by atoms with E-state index in [0.29, 0.717) is 30.3 Å². The van der Waals surface area contributed by atoms with Crippen molar-refractivity contribution in [2.45, 2.75) is 26.3 Å². The van der Waals surface area contributed by atoms with E-state index < -0.39 is 5.97 Å². The first-order valence-corrected chi connectivity index (χ1v) is 6.56. The lowest BCUT2D eigenvalue weighted by atomic mass is 10.1. The Bertz CT molecular complexity index is 487. The summed E-state index contributed by atoms with van der Waals surface area (Å²) in [6.45, 7) is 4.03. The Morgan fingerprint density at radius 1 is 1.40 bits per heavy atom. The summed E-state index contributed by atoms with van der Waals surface area (Å²) in [5, 5.41) is 0. The van der Waals surface area contributed by atoms with Gasteiger partial charge in [0.05, 0.1) is 6.61 Å². The Morgan fingerprint density at radius 2 is 2.10 bits per heavy atom. The number of carbonyl (C=O) groups is 1. The van der Waals surface area contributed by atoms with Gasteiger partial charge < -0.3 is 24.7 Å². The summed E-state index contributed by atoms with van der Waals surface area (Å²) in [7, 11) is 0. The van der Waals surface area contributed by atoms with Crippen LogP contribution in [-0.4, -0.2) is 32.0 Å². The van der Waals surface area contributed by atoms with Gasteiger partial charge in [0.25, 0.3) is 0 Å². The lowest BCUT2D eigenvalue weighted by Crippen LogP contribution is -2.19. The molecule has 1 unspecified atom stereocenters. The largest absolute Gasteiger partial charge is 0.481 e. The molecule has 1 heterocycles. The van der Waals surface area contributed by atoms with Gasteiger partial charge in [-0.1, -0.05) is 0 Å². The first-order chi connectivity index (χ1) is 9.60. The highest BCUT2D eigenvalue weighted by molar-refractivity contribution is 5.71. The van der Waals surface area contributed by atoms with Crippen molar-refractivity contribution in [2.24, 2.45) is 5.73 Å². The predicted octanol–water partition coefficient (Wildman–Crippen LogP) is 1.25. The van der Waals surface area contributed by atoms with Crippen LogP contribution < -0.4 is 19.9 Å². The molecule has 0 spiro atoms. The maximum absolute atomic E-state index is 11.4. The van der Waals surface area contributed by atoms with Crippen LogP contribution in [0.3, 0.4) is 0 Å². The SMILES string of the molecule is CCOC(=O)COc1cc2c(cc1CC(C)N)OCO2. The Morgan fingerprint density at radius 3 is 2.75 bits per heavy atom. The van der Waals surface area contributed by atoms with Crippen LogP contribution in [0.25, 0.3) is 0 Å². The zero-order chi connectivity index (χ0) is 14.5. The molecule has 6 nitrogen and oxygen atoms in total. The van der Waals surface area contributed by atoms with Crippen molar-refractivity contribution in [3.05, 3.63) is 17.7 Å². The van der Waals surface area contributed by atoms with Crippen LogP contribution in [0.15, 0.2) is 12.1 Å². The first-order valence-electron chi connectivity index (χ1n) is 6.56. The second kappa shape index (κ2) is 6.47. The first kappa shape index (κ1) is 14.5. The molecule has 2 N–H and O–H groups in total. The van der Waals surface area contributed by atoms with E-state index in [2.05, 4.69) is 0 Å². The predicted molar refractivity (Wildman–Crippen MR) is 72.0 cm³/mol.